The summed E-state index contributed by atoms with van der Waals surface area (Å²) in [5, 5.41) is 14.8. The minimum absolute atomic E-state index is 0.167. The van der Waals surface area contributed by atoms with Crippen molar-refractivity contribution in [2.24, 2.45) is 0 Å². The minimum atomic E-state index is -1.82. The van der Waals surface area contributed by atoms with Crippen molar-refractivity contribution in [3.05, 3.63) is 29.8 Å². The highest BCUT2D eigenvalue weighted by molar-refractivity contribution is 6.27. The van der Waals surface area contributed by atoms with Crippen LogP contribution < -0.4 is 4.90 Å². The summed E-state index contributed by atoms with van der Waals surface area (Å²) in [6, 6.07) is 8.03. The molecule has 1 spiro atoms. The standard InChI is InChI=1S/C14H18N2O.C2H2O4/c1-15(2)9-10-16-12-6-4-3-5-11(12)13(17)14(16)7-8-14;3-1(4)2(5)6/h3-6H,7-10H2,1-2H3;(H,3,4)(H,5,6). The molecule has 1 aromatic rings. The summed E-state index contributed by atoms with van der Waals surface area (Å²) in [6.07, 6.45) is 2.04. The molecule has 1 aliphatic carbocycles. The van der Waals surface area contributed by atoms with Crippen LogP contribution >= 0.6 is 0 Å². The number of carboxylic acid groups (broad SMARTS) is 2. The molecule has 1 aliphatic heterocycles. The number of fused-ring (bicyclic) bond motifs is 1. The van der Waals surface area contributed by atoms with E-state index in [1.54, 1.807) is 0 Å². The van der Waals surface area contributed by atoms with Crippen molar-refractivity contribution >= 4 is 23.4 Å². The van der Waals surface area contributed by atoms with Crippen molar-refractivity contribution in [2.45, 2.75) is 18.4 Å². The number of carbonyl (C=O) groups is 3. The Morgan fingerprint density at radius 3 is 2.22 bits per heavy atom. The fourth-order valence-electron chi connectivity index (χ4n) is 2.75. The minimum Gasteiger partial charge on any atom is -0.473 e. The van der Waals surface area contributed by atoms with E-state index in [4.69, 9.17) is 19.8 Å². The smallest absolute Gasteiger partial charge is 0.414 e. The van der Waals surface area contributed by atoms with Crippen molar-refractivity contribution in [2.75, 3.05) is 32.1 Å². The summed E-state index contributed by atoms with van der Waals surface area (Å²) < 4.78 is 0. The first-order valence-electron chi connectivity index (χ1n) is 7.32. The average molecular weight is 320 g/mol. The molecule has 0 aromatic heterocycles. The maximum absolute atomic E-state index is 12.4. The number of benzene rings is 1. The number of anilines is 1. The third-order valence-corrected chi connectivity index (χ3v) is 4.06. The number of aliphatic carboxylic acids is 2. The third-order valence-electron chi connectivity index (χ3n) is 4.06. The van der Waals surface area contributed by atoms with E-state index in [1.807, 2.05) is 18.2 Å². The molecule has 1 heterocycles. The molecule has 1 aromatic carbocycles. The zero-order valence-electron chi connectivity index (χ0n) is 13.2. The highest BCUT2D eigenvalue weighted by atomic mass is 16.4. The molecule has 2 aliphatic rings. The molecule has 0 saturated heterocycles. The van der Waals surface area contributed by atoms with Gasteiger partial charge in [-0.2, -0.15) is 0 Å². The molecule has 0 bridgehead atoms. The Morgan fingerprint density at radius 1 is 1.17 bits per heavy atom. The second-order valence-electron chi connectivity index (χ2n) is 5.94. The second-order valence-corrected chi connectivity index (χ2v) is 5.94. The summed E-state index contributed by atoms with van der Waals surface area (Å²) in [4.78, 5) is 35.1. The highest BCUT2D eigenvalue weighted by Gasteiger charge is 2.59. The molecule has 0 radical (unpaired) electrons. The number of Topliss-reactive ketones (excluding diaryl/α,β-unsaturated/α-hetero) is 1. The molecular formula is C16H20N2O5. The summed E-state index contributed by atoms with van der Waals surface area (Å²) in [5.74, 6) is -3.31. The fraction of sp³-hybridized carbons (Fsp3) is 0.438. The lowest BCUT2D eigenvalue weighted by atomic mass is 10.1. The second kappa shape index (κ2) is 6.37. The summed E-state index contributed by atoms with van der Waals surface area (Å²) >= 11 is 0. The quantitative estimate of drug-likeness (QED) is 0.800. The van der Waals surface area contributed by atoms with Crippen molar-refractivity contribution in [1.29, 1.82) is 0 Å². The van der Waals surface area contributed by atoms with Gasteiger partial charge in [0.2, 0.25) is 0 Å². The van der Waals surface area contributed by atoms with Gasteiger partial charge in [-0.15, -0.1) is 0 Å². The SMILES string of the molecule is CN(C)CCN1c2ccccc2C(=O)C12CC2.O=C(O)C(=O)O. The molecule has 3 rings (SSSR count). The van der Waals surface area contributed by atoms with Gasteiger partial charge < -0.3 is 20.0 Å². The highest BCUT2D eigenvalue weighted by Crippen LogP contribution is 2.52. The van der Waals surface area contributed by atoms with Crippen LogP contribution in [0.25, 0.3) is 0 Å². The molecule has 1 fully saturated rings. The van der Waals surface area contributed by atoms with E-state index >= 15 is 0 Å². The van der Waals surface area contributed by atoms with Gasteiger partial charge in [0.25, 0.3) is 0 Å². The Kier molecular flexibility index (Phi) is 4.70. The Bertz CT molecular complexity index is 625. The summed E-state index contributed by atoms with van der Waals surface area (Å²) in [5.41, 5.74) is 1.89. The molecular weight excluding hydrogens is 300 g/mol. The van der Waals surface area contributed by atoms with Crippen LogP contribution in [0, 0.1) is 0 Å². The van der Waals surface area contributed by atoms with Crippen molar-refractivity contribution in [3.63, 3.8) is 0 Å². The van der Waals surface area contributed by atoms with Crippen LogP contribution in [0.3, 0.4) is 0 Å². The number of hydrogen-bond donors (Lipinski definition) is 2. The van der Waals surface area contributed by atoms with Gasteiger partial charge in [-0.25, -0.2) is 9.59 Å². The van der Waals surface area contributed by atoms with Gasteiger partial charge in [0, 0.05) is 24.3 Å². The van der Waals surface area contributed by atoms with Gasteiger partial charge in [-0.1, -0.05) is 12.1 Å². The van der Waals surface area contributed by atoms with E-state index in [0.29, 0.717) is 5.78 Å². The molecule has 124 valence electrons. The largest absolute Gasteiger partial charge is 0.473 e. The van der Waals surface area contributed by atoms with E-state index in [2.05, 4.69) is 30.0 Å². The van der Waals surface area contributed by atoms with Crippen LogP contribution in [-0.2, 0) is 9.59 Å². The van der Waals surface area contributed by atoms with E-state index in [9.17, 15) is 4.79 Å². The Labute approximate surface area is 134 Å². The van der Waals surface area contributed by atoms with Gasteiger partial charge in [-0.3, -0.25) is 4.79 Å². The van der Waals surface area contributed by atoms with Gasteiger partial charge >= 0.3 is 11.9 Å². The monoisotopic (exact) mass is 320 g/mol. The van der Waals surface area contributed by atoms with Crippen molar-refractivity contribution < 1.29 is 24.6 Å². The zero-order chi connectivity index (χ0) is 17.2. The lowest BCUT2D eigenvalue weighted by Gasteiger charge is -2.27. The van der Waals surface area contributed by atoms with Crippen LogP contribution in [-0.4, -0.2) is 65.6 Å². The zero-order valence-corrected chi connectivity index (χ0v) is 13.2. The lowest BCUT2D eigenvalue weighted by molar-refractivity contribution is -0.159. The van der Waals surface area contributed by atoms with Crippen molar-refractivity contribution in [1.82, 2.24) is 4.90 Å². The van der Waals surface area contributed by atoms with Gasteiger partial charge in [0.1, 0.15) is 5.54 Å². The fourth-order valence-corrected chi connectivity index (χ4v) is 2.75. The van der Waals surface area contributed by atoms with Crippen molar-refractivity contribution in [3.8, 4) is 0 Å². The number of carboxylic acids is 2. The van der Waals surface area contributed by atoms with E-state index < -0.39 is 11.9 Å². The Morgan fingerprint density at radius 2 is 1.74 bits per heavy atom. The first kappa shape index (κ1) is 17.0. The number of likely N-dealkylation sites (N-methyl/N-ethyl adjacent to an activating group) is 1. The number of ketones is 1. The number of rotatable bonds is 3. The van der Waals surface area contributed by atoms with E-state index in [-0.39, 0.29) is 5.54 Å². The number of nitrogens with zero attached hydrogens (tertiary/aromatic N) is 2. The predicted octanol–water partition coefficient (Wildman–Crippen LogP) is 0.939. The molecule has 2 N–H and O–H groups in total. The molecule has 0 atom stereocenters. The average Bonchev–Trinajstić information content (AvgIpc) is 3.24. The lowest BCUT2D eigenvalue weighted by Crippen LogP contribution is -2.41. The first-order valence-corrected chi connectivity index (χ1v) is 7.32. The van der Waals surface area contributed by atoms with Crippen LogP contribution in [0.2, 0.25) is 0 Å². The van der Waals surface area contributed by atoms with Gasteiger partial charge in [-0.05, 0) is 39.1 Å². The number of para-hydroxylation sites is 1. The maximum Gasteiger partial charge on any atom is 0.414 e. The topological polar surface area (TPSA) is 98.2 Å². The number of carbonyl (C=O) groups excluding carboxylic acids is 1. The molecule has 0 unspecified atom stereocenters. The van der Waals surface area contributed by atoms with Gasteiger partial charge in [0.05, 0.1) is 0 Å². The van der Waals surface area contributed by atoms with Gasteiger partial charge in [0.15, 0.2) is 5.78 Å². The van der Waals surface area contributed by atoms with Crippen LogP contribution in [0.4, 0.5) is 5.69 Å². The molecule has 1 saturated carbocycles. The predicted molar refractivity (Wildman–Crippen MR) is 83.9 cm³/mol. The van der Waals surface area contributed by atoms with Crippen LogP contribution in [0.1, 0.15) is 23.2 Å². The summed E-state index contributed by atoms with van der Waals surface area (Å²) in [6.45, 7) is 1.93. The van der Waals surface area contributed by atoms with Crippen LogP contribution in [0.5, 0.6) is 0 Å². The Hall–Kier alpha value is -2.41. The first-order chi connectivity index (χ1) is 10.8. The normalized spacial score (nSPS) is 16.8. The molecule has 7 nitrogen and oxygen atoms in total. The van der Waals surface area contributed by atoms with E-state index in [1.165, 1.54) is 0 Å². The number of hydrogen-bond acceptors (Lipinski definition) is 5. The van der Waals surface area contributed by atoms with Crippen LogP contribution in [0.15, 0.2) is 24.3 Å². The van der Waals surface area contributed by atoms with E-state index in [0.717, 1.165) is 37.2 Å². The summed E-state index contributed by atoms with van der Waals surface area (Å²) in [7, 11) is 4.15. The Balaban J connectivity index is 0.000000277. The maximum atomic E-state index is 12.4. The molecule has 0 amide bonds. The molecule has 7 heteroatoms. The molecule has 23 heavy (non-hydrogen) atoms. The third kappa shape index (κ3) is 3.34.